The Balaban J connectivity index is 2.91. The zero-order valence-corrected chi connectivity index (χ0v) is 18.2. The fourth-order valence-corrected chi connectivity index (χ4v) is 2.80. The number of amides is 2. The highest BCUT2D eigenvalue weighted by Crippen LogP contribution is 2.26. The molecule has 0 bridgehead atoms. The zero-order chi connectivity index (χ0) is 23.8. The summed E-state index contributed by atoms with van der Waals surface area (Å²) in [4.78, 5) is 33.9. The van der Waals surface area contributed by atoms with Gasteiger partial charge in [-0.25, -0.2) is 13.6 Å². The number of carbonyl (C=O) groups is 3. The van der Waals surface area contributed by atoms with Crippen LogP contribution in [0.15, 0.2) is 12.1 Å². The lowest BCUT2D eigenvalue weighted by Gasteiger charge is -2.24. The second-order valence-electron chi connectivity index (χ2n) is 8.44. The summed E-state index contributed by atoms with van der Waals surface area (Å²) in [6.45, 7) is 6.38. The first-order valence-electron chi connectivity index (χ1n) is 9.87. The molecule has 8 nitrogen and oxygen atoms in total. The quantitative estimate of drug-likeness (QED) is 0.481. The van der Waals surface area contributed by atoms with Crippen LogP contribution in [0.1, 0.15) is 52.5 Å². The predicted molar refractivity (Wildman–Crippen MR) is 109 cm³/mol. The van der Waals surface area contributed by atoms with Gasteiger partial charge in [-0.2, -0.15) is 0 Å². The Hall–Kier alpha value is -2.91. The lowest BCUT2D eigenvalue weighted by Crippen LogP contribution is -2.42. The molecule has 0 aromatic heterocycles. The molecule has 4 N–H and O–H groups in total. The van der Waals surface area contributed by atoms with Crippen molar-refractivity contribution in [3.05, 3.63) is 29.3 Å². The molecule has 2 amide bonds. The zero-order valence-electron chi connectivity index (χ0n) is 18.2. The number of hydrogen-bond donors (Lipinski definition) is 3. The number of carboxylic acid groups (broad SMARTS) is 1. The van der Waals surface area contributed by atoms with Gasteiger partial charge in [0.25, 0.3) is 0 Å². The van der Waals surface area contributed by atoms with Gasteiger partial charge in [0, 0.05) is 18.9 Å². The molecule has 1 unspecified atom stereocenters. The summed E-state index contributed by atoms with van der Waals surface area (Å²) in [5.74, 6) is -3.99. The van der Waals surface area contributed by atoms with Crippen LogP contribution >= 0.6 is 0 Å². The standard InChI is InChI=1S/C21H30F2N2O6/c1-12(8-18(27)28)7-13-9-14(22)10-16(19(13)23)30-11-15(5-6-17(24)26)25-20(29)31-21(2,3)4/h9-10,12,15H,5-8,11H2,1-4H3,(H2,24,26)(H,25,29)(H,27,28)/t12?,15-/m0/s1. The van der Waals surface area contributed by atoms with Crippen molar-refractivity contribution in [2.75, 3.05) is 6.61 Å². The average Bonchev–Trinajstić information content (AvgIpc) is 2.58. The van der Waals surface area contributed by atoms with E-state index in [4.69, 9.17) is 20.3 Å². The largest absolute Gasteiger partial charge is 0.488 e. The second kappa shape index (κ2) is 11.5. The normalized spacial score (nSPS) is 13.2. The Morgan fingerprint density at radius 3 is 2.42 bits per heavy atom. The molecule has 0 spiro atoms. The van der Waals surface area contributed by atoms with E-state index >= 15 is 0 Å². The number of hydrogen-bond acceptors (Lipinski definition) is 5. The molecule has 0 saturated carbocycles. The summed E-state index contributed by atoms with van der Waals surface area (Å²) in [5.41, 5.74) is 4.38. The molecule has 2 atom stereocenters. The highest BCUT2D eigenvalue weighted by Gasteiger charge is 2.22. The Morgan fingerprint density at radius 1 is 1.23 bits per heavy atom. The van der Waals surface area contributed by atoms with Crippen molar-refractivity contribution >= 4 is 18.0 Å². The van der Waals surface area contributed by atoms with Gasteiger partial charge < -0.3 is 25.6 Å². The molecule has 0 heterocycles. The van der Waals surface area contributed by atoms with Crippen molar-refractivity contribution in [3.63, 3.8) is 0 Å². The Labute approximate surface area is 180 Å². The number of alkyl carbamates (subject to hydrolysis) is 1. The Morgan fingerprint density at radius 2 is 1.87 bits per heavy atom. The molecule has 0 aliphatic heterocycles. The summed E-state index contributed by atoms with van der Waals surface area (Å²) in [7, 11) is 0. The van der Waals surface area contributed by atoms with Gasteiger partial charge in [0.1, 0.15) is 18.0 Å². The summed E-state index contributed by atoms with van der Waals surface area (Å²) in [6, 6.07) is 1.10. The van der Waals surface area contributed by atoms with Crippen LogP contribution in [0.25, 0.3) is 0 Å². The number of primary amides is 1. The molecule has 0 radical (unpaired) electrons. The van der Waals surface area contributed by atoms with Crippen LogP contribution in [0, 0.1) is 17.6 Å². The number of aliphatic carboxylic acids is 1. The summed E-state index contributed by atoms with van der Waals surface area (Å²) < 4.78 is 39.3. The number of halogens is 2. The molecule has 174 valence electrons. The third-order valence-corrected chi connectivity index (χ3v) is 4.07. The molecule has 31 heavy (non-hydrogen) atoms. The van der Waals surface area contributed by atoms with Crippen molar-refractivity contribution in [1.82, 2.24) is 5.32 Å². The lowest BCUT2D eigenvalue weighted by atomic mass is 9.97. The minimum atomic E-state index is -1.04. The smallest absolute Gasteiger partial charge is 0.407 e. The maximum absolute atomic E-state index is 14.8. The van der Waals surface area contributed by atoms with E-state index in [9.17, 15) is 23.2 Å². The first kappa shape index (κ1) is 26.1. The topological polar surface area (TPSA) is 128 Å². The first-order valence-corrected chi connectivity index (χ1v) is 9.87. The fourth-order valence-electron chi connectivity index (χ4n) is 2.80. The summed E-state index contributed by atoms with van der Waals surface area (Å²) >= 11 is 0. The van der Waals surface area contributed by atoms with Crippen molar-refractivity contribution in [1.29, 1.82) is 0 Å². The molecular formula is C21H30F2N2O6. The van der Waals surface area contributed by atoms with Crippen LogP contribution in [0.4, 0.5) is 13.6 Å². The highest BCUT2D eigenvalue weighted by atomic mass is 19.1. The highest BCUT2D eigenvalue weighted by molar-refractivity contribution is 5.74. The maximum Gasteiger partial charge on any atom is 0.407 e. The Kier molecular flexibility index (Phi) is 9.67. The van der Waals surface area contributed by atoms with Gasteiger partial charge in [-0.15, -0.1) is 0 Å². The molecule has 0 saturated heterocycles. The molecule has 0 aliphatic rings. The number of carboxylic acids is 1. The maximum atomic E-state index is 14.8. The lowest BCUT2D eigenvalue weighted by molar-refractivity contribution is -0.138. The van der Waals surface area contributed by atoms with Crippen molar-refractivity contribution in [2.24, 2.45) is 11.7 Å². The Bertz CT molecular complexity index is 795. The van der Waals surface area contributed by atoms with Gasteiger partial charge in [-0.3, -0.25) is 9.59 Å². The molecule has 1 aromatic rings. The average molecular weight is 444 g/mol. The molecule has 0 fully saturated rings. The van der Waals surface area contributed by atoms with Crippen LogP contribution in [0.2, 0.25) is 0 Å². The molecule has 10 heteroatoms. The summed E-state index contributed by atoms with van der Waals surface area (Å²) in [5, 5.41) is 11.4. The van der Waals surface area contributed by atoms with Crippen LogP contribution in [-0.2, 0) is 20.7 Å². The van der Waals surface area contributed by atoms with E-state index in [0.717, 1.165) is 12.1 Å². The van der Waals surface area contributed by atoms with E-state index < -0.39 is 47.2 Å². The SMILES string of the molecule is CC(CC(=O)O)Cc1cc(F)cc(OC[C@H](CCC(N)=O)NC(=O)OC(C)(C)C)c1F. The van der Waals surface area contributed by atoms with Gasteiger partial charge in [0.2, 0.25) is 5.91 Å². The van der Waals surface area contributed by atoms with Crippen molar-refractivity contribution < 1.29 is 37.7 Å². The third kappa shape index (κ3) is 10.6. The number of nitrogens with two attached hydrogens (primary N) is 1. The van der Waals surface area contributed by atoms with Gasteiger partial charge in [0.15, 0.2) is 11.6 Å². The number of benzene rings is 1. The third-order valence-electron chi connectivity index (χ3n) is 4.07. The number of carbonyl (C=O) groups excluding carboxylic acids is 2. The first-order chi connectivity index (χ1) is 14.3. The van der Waals surface area contributed by atoms with E-state index in [1.807, 2.05) is 0 Å². The van der Waals surface area contributed by atoms with Crippen LogP contribution < -0.4 is 15.8 Å². The van der Waals surface area contributed by atoms with E-state index in [2.05, 4.69) is 5.32 Å². The van der Waals surface area contributed by atoms with E-state index in [1.54, 1.807) is 27.7 Å². The summed E-state index contributed by atoms with van der Waals surface area (Å²) in [6.07, 6.45) is -0.899. The number of rotatable bonds is 11. The molecule has 0 aliphatic carbocycles. The fraction of sp³-hybridized carbons (Fsp3) is 0.571. The molecule has 1 rings (SSSR count). The minimum absolute atomic E-state index is 0.00746. The van der Waals surface area contributed by atoms with Gasteiger partial charge in [0.05, 0.1) is 6.04 Å². The van der Waals surface area contributed by atoms with Gasteiger partial charge in [-0.05, 0) is 51.2 Å². The number of ether oxygens (including phenoxy) is 2. The van der Waals surface area contributed by atoms with Gasteiger partial charge >= 0.3 is 12.1 Å². The number of nitrogens with one attached hydrogen (secondary N) is 1. The van der Waals surface area contributed by atoms with Gasteiger partial charge in [-0.1, -0.05) is 6.92 Å². The molecular weight excluding hydrogens is 414 g/mol. The van der Waals surface area contributed by atoms with Crippen molar-refractivity contribution in [3.8, 4) is 5.75 Å². The van der Waals surface area contributed by atoms with E-state index in [1.165, 1.54) is 0 Å². The van der Waals surface area contributed by atoms with E-state index in [0.29, 0.717) is 0 Å². The van der Waals surface area contributed by atoms with Crippen LogP contribution in [-0.4, -0.2) is 41.3 Å². The minimum Gasteiger partial charge on any atom is -0.488 e. The second-order valence-corrected chi connectivity index (χ2v) is 8.44. The monoisotopic (exact) mass is 444 g/mol. The predicted octanol–water partition coefficient (Wildman–Crippen LogP) is 3.16. The molecule has 1 aromatic carbocycles. The van der Waals surface area contributed by atoms with Crippen LogP contribution in [0.3, 0.4) is 0 Å². The van der Waals surface area contributed by atoms with Crippen molar-refractivity contribution in [2.45, 2.75) is 65.0 Å². The van der Waals surface area contributed by atoms with E-state index in [-0.39, 0.29) is 43.6 Å². The van der Waals surface area contributed by atoms with Crippen LogP contribution in [0.5, 0.6) is 5.75 Å².